The van der Waals surface area contributed by atoms with E-state index in [0.29, 0.717) is 0 Å². The summed E-state index contributed by atoms with van der Waals surface area (Å²) >= 11 is 0. The second kappa shape index (κ2) is 9.29. The fourth-order valence-electron chi connectivity index (χ4n) is 7.54. The Labute approximate surface area is 260 Å². The molecule has 0 saturated carbocycles. The molecule has 0 N–H and O–H groups in total. The van der Waals surface area contributed by atoms with Gasteiger partial charge in [0.05, 0.1) is 0 Å². The van der Waals surface area contributed by atoms with Crippen molar-refractivity contribution in [2.24, 2.45) is 0 Å². The van der Waals surface area contributed by atoms with Crippen LogP contribution in [-0.4, -0.2) is 0 Å². The first-order valence-corrected chi connectivity index (χ1v) is 15.5. The minimum Gasteiger partial charge on any atom is -0.456 e. The lowest BCUT2D eigenvalue weighted by molar-refractivity contribution is 0.487. The van der Waals surface area contributed by atoms with E-state index in [1.165, 1.54) is 82.0 Å². The highest BCUT2D eigenvalue weighted by Crippen LogP contribution is 2.48. The van der Waals surface area contributed by atoms with Crippen LogP contribution < -0.4 is 4.74 Å². The Morgan fingerprint density at radius 2 is 0.911 bits per heavy atom. The minimum atomic E-state index is 0.900. The van der Waals surface area contributed by atoms with Crippen molar-refractivity contribution in [3.63, 3.8) is 0 Å². The largest absolute Gasteiger partial charge is 0.456 e. The molecule has 0 saturated heterocycles. The molecule has 0 unspecified atom stereocenters. The van der Waals surface area contributed by atoms with Gasteiger partial charge in [0.25, 0.3) is 0 Å². The highest BCUT2D eigenvalue weighted by Gasteiger charge is 2.21. The summed E-state index contributed by atoms with van der Waals surface area (Å²) in [6.45, 7) is 0. The van der Waals surface area contributed by atoms with Crippen LogP contribution in [0.3, 0.4) is 0 Å². The van der Waals surface area contributed by atoms with Gasteiger partial charge in [-0.1, -0.05) is 133 Å². The van der Waals surface area contributed by atoms with E-state index in [1.807, 2.05) is 0 Å². The van der Waals surface area contributed by atoms with Crippen LogP contribution in [0.2, 0.25) is 0 Å². The maximum absolute atomic E-state index is 6.42. The van der Waals surface area contributed by atoms with Gasteiger partial charge in [-0.25, -0.2) is 0 Å². The molecule has 208 valence electrons. The smallest absolute Gasteiger partial charge is 0.135 e. The summed E-state index contributed by atoms with van der Waals surface area (Å²) < 4.78 is 6.42. The minimum absolute atomic E-state index is 0.900. The van der Waals surface area contributed by atoms with E-state index < -0.39 is 0 Å². The Bertz CT molecular complexity index is 2590. The summed E-state index contributed by atoms with van der Waals surface area (Å²) in [6, 6.07) is 57.4. The predicted octanol–water partition coefficient (Wildman–Crippen LogP) is 12.5. The average molecular weight is 571 g/mol. The highest BCUT2D eigenvalue weighted by molar-refractivity contribution is 6.25. The Balaban J connectivity index is 1.19. The van der Waals surface area contributed by atoms with Gasteiger partial charge in [0.1, 0.15) is 11.5 Å². The summed E-state index contributed by atoms with van der Waals surface area (Å²) in [5.74, 6) is 1.82. The van der Waals surface area contributed by atoms with E-state index >= 15 is 0 Å². The van der Waals surface area contributed by atoms with Crippen molar-refractivity contribution in [3.05, 3.63) is 158 Å². The second-order valence-electron chi connectivity index (χ2n) is 12.1. The fraction of sp³-hybridized carbons (Fsp3) is 0. The van der Waals surface area contributed by atoms with Gasteiger partial charge in [0.2, 0.25) is 0 Å². The zero-order valence-corrected chi connectivity index (χ0v) is 24.4. The van der Waals surface area contributed by atoms with Gasteiger partial charge in [-0.15, -0.1) is 0 Å². The molecule has 0 amide bonds. The van der Waals surface area contributed by atoms with Crippen molar-refractivity contribution in [1.82, 2.24) is 0 Å². The number of hydrogen-bond donors (Lipinski definition) is 0. The van der Waals surface area contributed by atoms with E-state index in [1.54, 1.807) is 0 Å². The van der Waals surface area contributed by atoms with Crippen LogP contribution in [0.25, 0.3) is 87.6 Å². The molecule has 0 bridgehead atoms. The molecule has 1 heterocycles. The molecule has 0 radical (unpaired) electrons. The highest BCUT2D eigenvalue weighted by atomic mass is 16.5. The first-order chi connectivity index (χ1) is 22.3. The Hall–Kier alpha value is -5.92. The zero-order chi connectivity index (χ0) is 29.5. The molecular weight excluding hydrogens is 544 g/mol. The molecule has 0 aromatic heterocycles. The van der Waals surface area contributed by atoms with Gasteiger partial charge in [0.15, 0.2) is 0 Å². The van der Waals surface area contributed by atoms with E-state index in [0.717, 1.165) is 17.1 Å². The molecule has 0 aliphatic carbocycles. The van der Waals surface area contributed by atoms with Gasteiger partial charge in [0, 0.05) is 10.9 Å². The van der Waals surface area contributed by atoms with Crippen molar-refractivity contribution in [2.45, 2.75) is 0 Å². The summed E-state index contributed by atoms with van der Waals surface area (Å²) in [5.41, 5.74) is 9.63. The summed E-state index contributed by atoms with van der Waals surface area (Å²) in [4.78, 5) is 0. The molecule has 10 rings (SSSR count). The molecule has 0 fully saturated rings. The van der Waals surface area contributed by atoms with Gasteiger partial charge < -0.3 is 4.74 Å². The number of benzene rings is 9. The number of fused-ring (bicyclic) bond motifs is 2. The SMILES string of the molecule is c1ccc(-c2cc(-c3ccc4ccc5cccc6ccc3c4c56)ccc2-c2ccc3c(c2)-c2cccc4cccc(c24)O3)cc1. The first kappa shape index (κ1) is 24.5. The van der Waals surface area contributed by atoms with E-state index in [2.05, 4.69) is 158 Å². The van der Waals surface area contributed by atoms with Crippen molar-refractivity contribution in [2.75, 3.05) is 0 Å². The van der Waals surface area contributed by atoms with Crippen molar-refractivity contribution < 1.29 is 4.74 Å². The molecule has 45 heavy (non-hydrogen) atoms. The number of ether oxygens (including phenoxy) is 1. The maximum Gasteiger partial charge on any atom is 0.135 e. The lowest BCUT2D eigenvalue weighted by Crippen LogP contribution is -1.97. The standard InChI is InChI=1S/C44H26O/c1-2-7-27(8-3-1)38-25-32(34-21-17-31-16-15-29-9-4-10-30-18-23-37(34)44(31)42(29)30)19-22-35(38)33-20-24-40-39(26-33)36-13-5-11-28-12-6-14-41(45-40)43(28)36/h1-26H. The van der Waals surface area contributed by atoms with Gasteiger partial charge in [-0.3, -0.25) is 0 Å². The fourth-order valence-corrected chi connectivity index (χ4v) is 7.54. The van der Waals surface area contributed by atoms with Crippen LogP contribution in [0, 0.1) is 0 Å². The molecule has 0 atom stereocenters. The zero-order valence-electron chi connectivity index (χ0n) is 24.4. The summed E-state index contributed by atoms with van der Waals surface area (Å²) in [5, 5.41) is 10.2. The van der Waals surface area contributed by atoms with Crippen LogP contribution in [-0.2, 0) is 0 Å². The first-order valence-electron chi connectivity index (χ1n) is 15.5. The Morgan fingerprint density at radius 3 is 1.76 bits per heavy atom. The molecule has 1 aliphatic heterocycles. The van der Waals surface area contributed by atoms with Gasteiger partial charge >= 0.3 is 0 Å². The monoisotopic (exact) mass is 570 g/mol. The van der Waals surface area contributed by atoms with Crippen molar-refractivity contribution in [3.8, 4) is 56.0 Å². The number of hydrogen-bond acceptors (Lipinski definition) is 1. The van der Waals surface area contributed by atoms with E-state index in [9.17, 15) is 0 Å². The van der Waals surface area contributed by atoms with Crippen LogP contribution in [0.15, 0.2) is 158 Å². The Kier molecular flexibility index (Phi) is 5.06. The van der Waals surface area contributed by atoms with Gasteiger partial charge in [-0.05, 0) is 101 Å². The predicted molar refractivity (Wildman–Crippen MR) is 189 cm³/mol. The molecule has 9 aromatic carbocycles. The lowest BCUT2D eigenvalue weighted by atomic mass is 9.86. The third-order valence-corrected chi connectivity index (χ3v) is 9.61. The summed E-state index contributed by atoms with van der Waals surface area (Å²) in [6.07, 6.45) is 0. The normalized spacial score (nSPS) is 12.2. The van der Waals surface area contributed by atoms with E-state index in [4.69, 9.17) is 4.74 Å². The number of rotatable bonds is 3. The Morgan fingerprint density at radius 1 is 0.289 bits per heavy atom. The third-order valence-electron chi connectivity index (χ3n) is 9.61. The van der Waals surface area contributed by atoms with Crippen LogP contribution in [0.4, 0.5) is 0 Å². The van der Waals surface area contributed by atoms with Crippen LogP contribution in [0.5, 0.6) is 11.5 Å². The molecular formula is C44H26O. The van der Waals surface area contributed by atoms with Gasteiger partial charge in [-0.2, -0.15) is 0 Å². The van der Waals surface area contributed by atoms with Crippen molar-refractivity contribution in [1.29, 1.82) is 0 Å². The molecule has 1 nitrogen and oxygen atoms in total. The second-order valence-corrected chi connectivity index (χ2v) is 12.1. The quantitative estimate of drug-likeness (QED) is 0.192. The topological polar surface area (TPSA) is 9.23 Å². The maximum atomic E-state index is 6.42. The van der Waals surface area contributed by atoms with Crippen LogP contribution >= 0.6 is 0 Å². The molecule has 0 spiro atoms. The van der Waals surface area contributed by atoms with Crippen LogP contribution in [0.1, 0.15) is 0 Å². The molecule has 1 aliphatic rings. The third kappa shape index (κ3) is 3.62. The average Bonchev–Trinajstić information content (AvgIpc) is 3.11. The lowest BCUT2D eigenvalue weighted by Gasteiger charge is -2.22. The summed E-state index contributed by atoms with van der Waals surface area (Å²) in [7, 11) is 0. The molecule has 9 aromatic rings. The van der Waals surface area contributed by atoms with E-state index in [-0.39, 0.29) is 0 Å². The molecule has 1 heteroatoms. The van der Waals surface area contributed by atoms with Crippen molar-refractivity contribution >= 4 is 43.1 Å².